The Balaban J connectivity index is 1.91. The molecule has 0 saturated carbocycles. The smallest absolute Gasteiger partial charge is 0.377 e. The Morgan fingerprint density at radius 2 is 1.68 bits per heavy atom. The summed E-state index contributed by atoms with van der Waals surface area (Å²) in [5, 5.41) is 2.79. The highest BCUT2D eigenvalue weighted by molar-refractivity contribution is 5.78. The molecule has 0 atom stereocenters. The molecule has 6 heteroatoms. The van der Waals surface area contributed by atoms with Crippen LogP contribution >= 0.6 is 0 Å². The first-order valence-corrected chi connectivity index (χ1v) is 7.97. The van der Waals surface area contributed by atoms with E-state index in [2.05, 4.69) is 5.32 Å². The van der Waals surface area contributed by atoms with Crippen LogP contribution in [0.2, 0.25) is 0 Å². The van der Waals surface area contributed by atoms with E-state index < -0.39 is 11.7 Å². The predicted octanol–water partition coefficient (Wildman–Crippen LogP) is 4.10. The van der Waals surface area contributed by atoms with Crippen molar-refractivity contribution in [1.82, 2.24) is 5.32 Å². The van der Waals surface area contributed by atoms with Crippen LogP contribution < -0.4 is 5.32 Å². The molecular formula is C19H20F3NO2. The van der Waals surface area contributed by atoms with E-state index in [0.717, 1.165) is 23.3 Å². The van der Waals surface area contributed by atoms with Crippen molar-refractivity contribution in [3.8, 4) is 0 Å². The zero-order chi connectivity index (χ0) is 18.3. The molecule has 0 aliphatic carbocycles. The van der Waals surface area contributed by atoms with Crippen LogP contribution in [-0.2, 0) is 35.3 Å². The van der Waals surface area contributed by atoms with Gasteiger partial charge in [-0.15, -0.1) is 0 Å². The van der Waals surface area contributed by atoms with Gasteiger partial charge in [-0.05, 0) is 35.7 Å². The SMILES string of the molecule is CCOCc1ccccc1CNC(=O)Cc1ccc(C(F)(F)F)cc1. The first-order valence-electron chi connectivity index (χ1n) is 7.97. The Kier molecular flexibility index (Phi) is 6.58. The predicted molar refractivity (Wildman–Crippen MR) is 88.8 cm³/mol. The average molecular weight is 351 g/mol. The Morgan fingerprint density at radius 1 is 1.04 bits per heavy atom. The average Bonchev–Trinajstić information content (AvgIpc) is 2.58. The first-order chi connectivity index (χ1) is 11.9. The number of amides is 1. The van der Waals surface area contributed by atoms with Crippen molar-refractivity contribution in [3.05, 3.63) is 70.8 Å². The van der Waals surface area contributed by atoms with Gasteiger partial charge in [0, 0.05) is 13.2 Å². The largest absolute Gasteiger partial charge is 0.416 e. The maximum Gasteiger partial charge on any atom is 0.416 e. The molecule has 1 amide bonds. The van der Waals surface area contributed by atoms with Gasteiger partial charge in [0.25, 0.3) is 0 Å². The number of benzene rings is 2. The highest BCUT2D eigenvalue weighted by Crippen LogP contribution is 2.29. The maximum atomic E-state index is 12.5. The van der Waals surface area contributed by atoms with E-state index >= 15 is 0 Å². The van der Waals surface area contributed by atoms with Gasteiger partial charge in [0.05, 0.1) is 18.6 Å². The fourth-order valence-electron chi connectivity index (χ4n) is 2.34. The molecule has 0 spiro atoms. The molecule has 0 radical (unpaired) electrons. The van der Waals surface area contributed by atoms with Gasteiger partial charge in [-0.3, -0.25) is 4.79 Å². The van der Waals surface area contributed by atoms with Gasteiger partial charge in [-0.25, -0.2) is 0 Å². The van der Waals surface area contributed by atoms with Gasteiger partial charge in [0.1, 0.15) is 0 Å². The second-order valence-corrected chi connectivity index (χ2v) is 5.55. The Labute approximate surface area is 144 Å². The normalized spacial score (nSPS) is 11.4. The lowest BCUT2D eigenvalue weighted by atomic mass is 10.1. The summed E-state index contributed by atoms with van der Waals surface area (Å²) in [6.45, 7) is 3.34. The van der Waals surface area contributed by atoms with E-state index in [-0.39, 0.29) is 12.3 Å². The van der Waals surface area contributed by atoms with E-state index in [1.165, 1.54) is 12.1 Å². The standard InChI is InChI=1S/C19H20F3NO2/c1-2-25-13-16-6-4-3-5-15(16)12-23-18(24)11-14-7-9-17(10-8-14)19(20,21)22/h3-10H,2,11-13H2,1H3,(H,23,24). The first kappa shape index (κ1) is 19.0. The van der Waals surface area contributed by atoms with Crippen molar-refractivity contribution in [3.63, 3.8) is 0 Å². The molecule has 1 N–H and O–H groups in total. The van der Waals surface area contributed by atoms with E-state index in [1.54, 1.807) is 0 Å². The van der Waals surface area contributed by atoms with Crippen molar-refractivity contribution in [1.29, 1.82) is 0 Å². The Morgan fingerprint density at radius 3 is 2.28 bits per heavy atom. The third kappa shape index (κ3) is 5.90. The number of halogens is 3. The lowest BCUT2D eigenvalue weighted by molar-refractivity contribution is -0.137. The Bertz CT molecular complexity index is 697. The number of alkyl halides is 3. The zero-order valence-corrected chi connectivity index (χ0v) is 13.9. The lowest BCUT2D eigenvalue weighted by Crippen LogP contribution is -2.25. The molecule has 134 valence electrons. The van der Waals surface area contributed by atoms with Crippen molar-refractivity contribution < 1.29 is 22.7 Å². The van der Waals surface area contributed by atoms with Crippen LogP contribution in [0.25, 0.3) is 0 Å². The van der Waals surface area contributed by atoms with Gasteiger partial charge in [-0.1, -0.05) is 36.4 Å². The van der Waals surface area contributed by atoms with Crippen LogP contribution in [0.5, 0.6) is 0 Å². The fraction of sp³-hybridized carbons (Fsp3) is 0.316. The summed E-state index contributed by atoms with van der Waals surface area (Å²) in [4.78, 5) is 12.0. The molecule has 0 fully saturated rings. The van der Waals surface area contributed by atoms with Crippen LogP contribution in [0.15, 0.2) is 48.5 Å². The highest BCUT2D eigenvalue weighted by atomic mass is 19.4. The van der Waals surface area contributed by atoms with E-state index in [9.17, 15) is 18.0 Å². The molecule has 0 aliphatic heterocycles. The van der Waals surface area contributed by atoms with Gasteiger partial charge in [0.2, 0.25) is 5.91 Å². The van der Waals surface area contributed by atoms with Crippen LogP contribution in [-0.4, -0.2) is 12.5 Å². The molecule has 2 rings (SSSR count). The van der Waals surface area contributed by atoms with Crippen LogP contribution in [0, 0.1) is 0 Å². The third-order valence-electron chi connectivity index (χ3n) is 3.70. The second-order valence-electron chi connectivity index (χ2n) is 5.55. The maximum absolute atomic E-state index is 12.5. The monoisotopic (exact) mass is 351 g/mol. The van der Waals surface area contributed by atoms with E-state index in [1.807, 2.05) is 31.2 Å². The van der Waals surface area contributed by atoms with E-state index in [4.69, 9.17) is 4.74 Å². The molecule has 0 aromatic heterocycles. The number of rotatable bonds is 7. The second kappa shape index (κ2) is 8.67. The fourth-order valence-corrected chi connectivity index (χ4v) is 2.34. The molecule has 0 unspecified atom stereocenters. The number of ether oxygens (including phenoxy) is 1. The number of nitrogens with one attached hydrogen (secondary N) is 1. The summed E-state index contributed by atoms with van der Waals surface area (Å²) < 4.78 is 43.0. The summed E-state index contributed by atoms with van der Waals surface area (Å²) in [6, 6.07) is 12.3. The summed E-state index contributed by atoms with van der Waals surface area (Å²) in [5.74, 6) is -0.244. The van der Waals surface area contributed by atoms with Crippen molar-refractivity contribution >= 4 is 5.91 Å². The molecule has 3 nitrogen and oxygen atoms in total. The number of hydrogen-bond donors (Lipinski definition) is 1. The minimum Gasteiger partial charge on any atom is -0.377 e. The molecule has 0 bridgehead atoms. The molecule has 0 aliphatic rings. The Hall–Kier alpha value is -2.34. The minimum atomic E-state index is -4.37. The van der Waals surface area contributed by atoms with Crippen molar-refractivity contribution in [2.45, 2.75) is 32.7 Å². The van der Waals surface area contributed by atoms with Crippen LogP contribution in [0.3, 0.4) is 0 Å². The van der Waals surface area contributed by atoms with Crippen molar-refractivity contribution in [2.24, 2.45) is 0 Å². The summed E-state index contributed by atoms with van der Waals surface area (Å²) >= 11 is 0. The summed E-state index contributed by atoms with van der Waals surface area (Å²) in [5.41, 5.74) is 1.77. The zero-order valence-electron chi connectivity index (χ0n) is 13.9. The number of hydrogen-bond acceptors (Lipinski definition) is 2. The van der Waals surface area contributed by atoms with Gasteiger partial charge >= 0.3 is 6.18 Å². The van der Waals surface area contributed by atoms with Crippen LogP contribution in [0.4, 0.5) is 13.2 Å². The number of carbonyl (C=O) groups is 1. The van der Waals surface area contributed by atoms with E-state index in [0.29, 0.717) is 25.3 Å². The van der Waals surface area contributed by atoms with Crippen molar-refractivity contribution in [2.75, 3.05) is 6.61 Å². The van der Waals surface area contributed by atoms with Gasteiger partial charge in [-0.2, -0.15) is 13.2 Å². The minimum absolute atomic E-state index is 0.0335. The summed E-state index contributed by atoms with van der Waals surface area (Å²) in [6.07, 6.45) is -4.34. The molecule has 25 heavy (non-hydrogen) atoms. The van der Waals surface area contributed by atoms with Crippen LogP contribution in [0.1, 0.15) is 29.2 Å². The van der Waals surface area contributed by atoms with Gasteiger partial charge < -0.3 is 10.1 Å². The summed E-state index contributed by atoms with van der Waals surface area (Å²) in [7, 11) is 0. The molecule has 2 aromatic rings. The molecular weight excluding hydrogens is 331 g/mol. The topological polar surface area (TPSA) is 38.3 Å². The van der Waals surface area contributed by atoms with Gasteiger partial charge in [0.15, 0.2) is 0 Å². The highest BCUT2D eigenvalue weighted by Gasteiger charge is 2.29. The lowest BCUT2D eigenvalue weighted by Gasteiger charge is -2.11. The molecule has 2 aromatic carbocycles. The number of carbonyl (C=O) groups excluding carboxylic acids is 1. The molecule has 0 heterocycles. The third-order valence-corrected chi connectivity index (χ3v) is 3.70. The quantitative estimate of drug-likeness (QED) is 0.816. The molecule has 0 saturated heterocycles.